The van der Waals surface area contributed by atoms with Crippen molar-refractivity contribution in [3.63, 3.8) is 0 Å². The van der Waals surface area contributed by atoms with Gasteiger partial charge in [-0.25, -0.2) is 0 Å². The molecule has 0 saturated heterocycles. The molecule has 0 bridgehead atoms. The van der Waals surface area contributed by atoms with E-state index in [0.29, 0.717) is 0 Å². The molecule has 1 rings (SSSR count). The minimum Gasteiger partial charge on any atom is -0.0890 e. The minimum absolute atomic E-state index is 0.730. The Labute approximate surface area is 80.4 Å². The number of benzene rings is 1. The molecule has 0 aliphatic rings. The average Bonchev–Trinajstić information content (AvgIpc) is 2.15. The summed E-state index contributed by atoms with van der Waals surface area (Å²) in [5.74, 6) is 0.730. The quantitative estimate of drug-likeness (QED) is 0.660. The first-order chi connectivity index (χ1) is 5.86. The number of hydrogen-bond donors (Lipinski definition) is 0. The van der Waals surface area contributed by atoms with Crippen LogP contribution in [0, 0.1) is 0 Å². The minimum atomic E-state index is 0.730. The van der Waals surface area contributed by atoms with E-state index in [1.165, 1.54) is 30.4 Å². The third-order valence-electron chi connectivity index (χ3n) is 2.01. The van der Waals surface area contributed by atoms with E-state index in [1.54, 1.807) is 0 Å². The van der Waals surface area contributed by atoms with Crippen LogP contribution in [0.2, 0.25) is 0 Å². The Morgan fingerprint density at radius 1 is 1.08 bits per heavy atom. The maximum absolute atomic E-state index is 4.95. The van der Waals surface area contributed by atoms with Gasteiger partial charge in [-0.15, -0.1) is 0 Å². The summed E-state index contributed by atoms with van der Waals surface area (Å²) in [6.07, 6.45) is 3.75. The average molecular weight is 179 g/mol. The highest BCUT2D eigenvalue weighted by Crippen LogP contribution is 2.08. The second-order valence-electron chi connectivity index (χ2n) is 3.06. The van der Waals surface area contributed by atoms with Gasteiger partial charge in [0.05, 0.1) is 0 Å². The highest BCUT2D eigenvalue weighted by molar-refractivity contribution is 7.79. The van der Waals surface area contributed by atoms with Crippen molar-refractivity contribution in [3.05, 3.63) is 35.4 Å². The predicted molar refractivity (Wildman–Crippen MR) is 56.3 cm³/mol. The molecule has 1 heteroatoms. The molecule has 1 aromatic rings. The van der Waals surface area contributed by atoms with Gasteiger partial charge in [0.2, 0.25) is 0 Å². The fraction of sp³-hybridized carbons (Fsp3) is 0.455. The van der Waals surface area contributed by atoms with Crippen molar-refractivity contribution >= 4 is 12.6 Å². The first-order valence-electron chi connectivity index (χ1n) is 4.52. The van der Waals surface area contributed by atoms with Gasteiger partial charge in [-0.3, -0.25) is 0 Å². The third kappa shape index (κ3) is 2.90. The first kappa shape index (κ1) is 9.66. The van der Waals surface area contributed by atoms with Crippen LogP contribution >= 0.6 is 12.6 Å². The van der Waals surface area contributed by atoms with E-state index < -0.39 is 0 Å². The summed E-state index contributed by atoms with van der Waals surface area (Å²) in [4.78, 5) is 0. The van der Waals surface area contributed by atoms with Gasteiger partial charge in [-0.1, -0.05) is 50.2 Å². The van der Waals surface area contributed by atoms with Gasteiger partial charge in [0.15, 0.2) is 0 Å². The molecule has 0 N–H and O–H groups in total. The lowest BCUT2D eigenvalue weighted by molar-refractivity contribution is 0.795. The van der Waals surface area contributed by atoms with Crippen molar-refractivity contribution in [1.82, 2.24) is 0 Å². The largest absolute Gasteiger partial charge is 0.0890 e. The van der Waals surface area contributed by atoms with Crippen molar-refractivity contribution in [2.75, 3.05) is 0 Å². The molecule has 0 nitrogen and oxygen atoms in total. The van der Waals surface area contributed by atoms with Gasteiger partial charge in [0.25, 0.3) is 0 Å². The van der Waals surface area contributed by atoms with Crippen LogP contribution in [0.1, 0.15) is 30.9 Å². The third-order valence-corrected chi connectivity index (χ3v) is 2.34. The van der Waals surface area contributed by atoms with E-state index >= 15 is 0 Å². The van der Waals surface area contributed by atoms with Gasteiger partial charge in [-0.05, 0) is 24.0 Å². The lowest BCUT2D eigenvalue weighted by Gasteiger charge is -2.00. The smallest absolute Gasteiger partial charge is 0.0288 e. The van der Waals surface area contributed by atoms with Crippen molar-refractivity contribution in [2.45, 2.75) is 31.9 Å². The molecule has 0 aliphatic carbocycles. The topological polar surface area (TPSA) is 0 Å². The predicted octanol–water partition coefficient (Wildman–Crippen LogP) is 3.73. The molecule has 65 valence electrons. The lowest BCUT2D eigenvalue weighted by Crippen LogP contribution is -1.85. The molecule has 0 fully saturated rings. The maximum atomic E-state index is 4.95. The summed E-state index contributed by atoms with van der Waals surface area (Å²) in [6.45, 7) is 2.22. The van der Waals surface area contributed by atoms with Crippen LogP contribution in [0.4, 0.5) is 0 Å². The zero-order valence-electron chi connectivity index (χ0n) is 7.55. The Kier molecular flexibility index (Phi) is 4.23. The van der Waals surface area contributed by atoms with Crippen molar-refractivity contribution in [1.29, 1.82) is 0 Å². The molecule has 0 saturated carbocycles. The molecule has 0 aromatic heterocycles. The number of unbranched alkanes of at least 4 members (excludes halogenated alkanes) is 1. The molecule has 0 unspecified atom stereocenters. The van der Waals surface area contributed by atoms with Gasteiger partial charge in [0.1, 0.15) is 0 Å². The van der Waals surface area contributed by atoms with Gasteiger partial charge < -0.3 is 0 Å². The molecule has 12 heavy (non-hydrogen) atoms. The Morgan fingerprint density at radius 2 is 1.67 bits per heavy atom. The lowest BCUT2D eigenvalue weighted by atomic mass is 10.1. The van der Waals surface area contributed by atoms with Crippen molar-refractivity contribution in [2.24, 2.45) is 0 Å². The van der Waals surface area contributed by atoms with E-state index in [2.05, 4.69) is 31.2 Å². The van der Waals surface area contributed by atoms with Crippen LogP contribution < -0.4 is 0 Å². The fourth-order valence-corrected chi connectivity index (χ4v) is 1.38. The SMILES string of the molecule is CCCCc1ccc(C[S])cc1. The second kappa shape index (κ2) is 5.26. The van der Waals surface area contributed by atoms with Crippen molar-refractivity contribution < 1.29 is 0 Å². The van der Waals surface area contributed by atoms with Crippen LogP contribution in [0.25, 0.3) is 0 Å². The first-order valence-corrected chi connectivity index (χ1v) is 5.10. The van der Waals surface area contributed by atoms with E-state index in [9.17, 15) is 0 Å². The van der Waals surface area contributed by atoms with E-state index in [4.69, 9.17) is 12.6 Å². The highest BCUT2D eigenvalue weighted by atomic mass is 32.1. The summed E-state index contributed by atoms with van der Waals surface area (Å²) in [5, 5.41) is 0. The van der Waals surface area contributed by atoms with Gasteiger partial charge >= 0.3 is 0 Å². The fourth-order valence-electron chi connectivity index (χ4n) is 1.18. The molecular weight excluding hydrogens is 164 g/mol. The summed E-state index contributed by atoms with van der Waals surface area (Å²) < 4.78 is 0. The van der Waals surface area contributed by atoms with E-state index in [0.717, 1.165) is 5.75 Å². The van der Waals surface area contributed by atoms with Gasteiger partial charge in [-0.2, -0.15) is 0 Å². The molecule has 1 aromatic carbocycles. The monoisotopic (exact) mass is 179 g/mol. The maximum Gasteiger partial charge on any atom is 0.0288 e. The van der Waals surface area contributed by atoms with Crippen LogP contribution in [-0.2, 0) is 12.2 Å². The Hall–Kier alpha value is -0.430. The molecule has 0 spiro atoms. The number of aryl methyl sites for hydroxylation is 1. The molecule has 0 amide bonds. The zero-order valence-corrected chi connectivity index (χ0v) is 8.36. The molecule has 0 atom stereocenters. The molecule has 0 heterocycles. The summed E-state index contributed by atoms with van der Waals surface area (Å²) in [7, 11) is 0. The van der Waals surface area contributed by atoms with Crippen LogP contribution in [-0.4, -0.2) is 0 Å². The second-order valence-corrected chi connectivity index (χ2v) is 3.35. The van der Waals surface area contributed by atoms with E-state index in [1.807, 2.05) is 0 Å². The standard InChI is InChI=1S/C11H15S/c1-2-3-4-10-5-7-11(9-12)8-6-10/h5-8H,2-4,9H2,1H3. The van der Waals surface area contributed by atoms with Crippen LogP contribution in [0.3, 0.4) is 0 Å². The summed E-state index contributed by atoms with van der Waals surface area (Å²) >= 11 is 4.95. The van der Waals surface area contributed by atoms with Crippen LogP contribution in [0.5, 0.6) is 0 Å². The zero-order chi connectivity index (χ0) is 8.81. The highest BCUT2D eigenvalue weighted by Gasteiger charge is 1.92. The van der Waals surface area contributed by atoms with Crippen molar-refractivity contribution in [3.8, 4) is 0 Å². The van der Waals surface area contributed by atoms with Crippen LogP contribution in [0.15, 0.2) is 24.3 Å². The Bertz CT molecular complexity index is 213. The molecule has 0 aliphatic heterocycles. The number of rotatable bonds is 4. The number of hydrogen-bond acceptors (Lipinski definition) is 0. The normalized spacial score (nSPS) is 10.2. The molecular formula is C11H15S. The summed E-state index contributed by atoms with van der Waals surface area (Å²) in [6, 6.07) is 8.66. The van der Waals surface area contributed by atoms with Gasteiger partial charge in [0, 0.05) is 5.75 Å². The Balaban J connectivity index is 2.53. The molecule has 1 radical (unpaired) electrons. The summed E-state index contributed by atoms with van der Waals surface area (Å²) in [5.41, 5.74) is 2.69. The Morgan fingerprint density at radius 3 is 2.17 bits per heavy atom. The van der Waals surface area contributed by atoms with E-state index in [-0.39, 0.29) is 0 Å².